The molecule has 0 aromatic heterocycles. The zero-order valence-electron chi connectivity index (χ0n) is 14.3. The summed E-state index contributed by atoms with van der Waals surface area (Å²) in [6.45, 7) is 13.4. The van der Waals surface area contributed by atoms with Gasteiger partial charge in [0.25, 0.3) is 0 Å². The fraction of sp³-hybridized carbons (Fsp3) is 1.00. The number of likely N-dealkylation sites (tertiary alicyclic amines) is 1. The Balaban J connectivity index is 1.70. The van der Waals surface area contributed by atoms with Crippen molar-refractivity contribution in [2.24, 2.45) is 11.3 Å². The Hall–Kier alpha value is -0.0800. The molecular weight excluding hydrogens is 244 g/mol. The molecule has 2 rings (SSSR count). The predicted molar refractivity (Wildman–Crippen MR) is 88.1 cm³/mol. The minimum absolute atomic E-state index is 0.508. The molecule has 0 atom stereocenters. The Labute approximate surface area is 126 Å². The van der Waals surface area contributed by atoms with Crippen molar-refractivity contribution in [2.45, 2.75) is 84.7 Å². The molecule has 1 N–H and O–H groups in total. The van der Waals surface area contributed by atoms with Crippen molar-refractivity contribution < 1.29 is 0 Å². The maximum absolute atomic E-state index is 3.70. The molecule has 20 heavy (non-hydrogen) atoms. The minimum Gasteiger partial charge on any atom is -0.314 e. The molecule has 0 amide bonds. The van der Waals surface area contributed by atoms with E-state index in [0.29, 0.717) is 5.41 Å². The van der Waals surface area contributed by atoms with E-state index in [2.05, 4.69) is 37.9 Å². The SMILES string of the molecule is CCCNC1CCC(N2CCC(C(C)(C)C)CC2)CC1. The first-order chi connectivity index (χ1) is 9.50. The number of rotatable bonds is 4. The van der Waals surface area contributed by atoms with Crippen LogP contribution in [0.25, 0.3) is 0 Å². The molecule has 1 aliphatic carbocycles. The Morgan fingerprint density at radius 3 is 2.05 bits per heavy atom. The summed E-state index contributed by atoms with van der Waals surface area (Å²) in [5.74, 6) is 0.932. The molecule has 1 aliphatic heterocycles. The van der Waals surface area contributed by atoms with Gasteiger partial charge < -0.3 is 10.2 Å². The summed E-state index contributed by atoms with van der Waals surface area (Å²) in [4.78, 5) is 2.80. The lowest BCUT2D eigenvalue weighted by atomic mass is 9.75. The molecule has 2 fully saturated rings. The van der Waals surface area contributed by atoms with Gasteiger partial charge in [-0.05, 0) is 75.9 Å². The quantitative estimate of drug-likeness (QED) is 0.835. The van der Waals surface area contributed by atoms with Gasteiger partial charge in [-0.2, -0.15) is 0 Å². The van der Waals surface area contributed by atoms with Gasteiger partial charge >= 0.3 is 0 Å². The van der Waals surface area contributed by atoms with Gasteiger partial charge in [-0.1, -0.05) is 27.7 Å². The molecule has 0 unspecified atom stereocenters. The van der Waals surface area contributed by atoms with E-state index < -0.39 is 0 Å². The first-order valence-electron chi connectivity index (χ1n) is 8.98. The molecule has 1 heterocycles. The van der Waals surface area contributed by atoms with E-state index in [1.807, 2.05) is 0 Å². The van der Waals surface area contributed by atoms with Crippen LogP contribution in [0.1, 0.15) is 72.6 Å². The molecule has 2 heteroatoms. The lowest BCUT2D eigenvalue weighted by Gasteiger charge is -2.44. The summed E-state index contributed by atoms with van der Waals surface area (Å²) in [5, 5.41) is 3.70. The number of hydrogen-bond acceptors (Lipinski definition) is 2. The van der Waals surface area contributed by atoms with Gasteiger partial charge in [0.15, 0.2) is 0 Å². The van der Waals surface area contributed by atoms with Crippen LogP contribution < -0.4 is 5.32 Å². The molecule has 0 aromatic rings. The topological polar surface area (TPSA) is 15.3 Å². The van der Waals surface area contributed by atoms with E-state index >= 15 is 0 Å². The zero-order valence-corrected chi connectivity index (χ0v) is 14.3. The predicted octanol–water partition coefficient (Wildman–Crippen LogP) is 4.06. The number of nitrogens with one attached hydrogen (secondary N) is 1. The van der Waals surface area contributed by atoms with Crippen LogP contribution in [0.4, 0.5) is 0 Å². The lowest BCUT2D eigenvalue weighted by Crippen LogP contribution is -2.47. The molecule has 0 bridgehead atoms. The van der Waals surface area contributed by atoms with Gasteiger partial charge in [-0.25, -0.2) is 0 Å². The van der Waals surface area contributed by atoms with Gasteiger partial charge in [0.2, 0.25) is 0 Å². The Morgan fingerprint density at radius 1 is 0.950 bits per heavy atom. The second kappa shape index (κ2) is 7.26. The summed E-state index contributed by atoms with van der Waals surface area (Å²) in [7, 11) is 0. The van der Waals surface area contributed by atoms with Crippen molar-refractivity contribution in [3.8, 4) is 0 Å². The largest absolute Gasteiger partial charge is 0.314 e. The first-order valence-corrected chi connectivity index (χ1v) is 8.98. The van der Waals surface area contributed by atoms with E-state index in [1.54, 1.807) is 0 Å². The highest BCUT2D eigenvalue weighted by Gasteiger charge is 2.32. The monoisotopic (exact) mass is 280 g/mol. The molecular formula is C18H36N2. The molecule has 1 saturated heterocycles. The van der Waals surface area contributed by atoms with Crippen LogP contribution in [0.3, 0.4) is 0 Å². The third kappa shape index (κ3) is 4.46. The van der Waals surface area contributed by atoms with Crippen molar-refractivity contribution in [2.75, 3.05) is 19.6 Å². The van der Waals surface area contributed by atoms with Crippen molar-refractivity contribution in [1.82, 2.24) is 10.2 Å². The second-order valence-corrected chi connectivity index (χ2v) is 8.14. The zero-order chi connectivity index (χ0) is 14.6. The molecule has 2 aliphatic rings. The Morgan fingerprint density at radius 2 is 1.55 bits per heavy atom. The highest BCUT2D eigenvalue weighted by Crippen LogP contribution is 2.36. The summed E-state index contributed by atoms with van der Waals surface area (Å²) in [6.07, 6.45) is 9.71. The summed E-state index contributed by atoms with van der Waals surface area (Å²) in [6, 6.07) is 1.69. The standard InChI is InChI=1S/C18H36N2/c1-5-12-19-16-6-8-17(9-7-16)20-13-10-15(11-14-20)18(2,3)4/h15-17,19H,5-14H2,1-4H3. The minimum atomic E-state index is 0.508. The van der Waals surface area contributed by atoms with E-state index in [9.17, 15) is 0 Å². The average Bonchev–Trinajstić information content (AvgIpc) is 2.45. The third-order valence-corrected chi connectivity index (χ3v) is 5.65. The Kier molecular flexibility index (Phi) is 5.92. The second-order valence-electron chi connectivity index (χ2n) is 8.14. The van der Waals surface area contributed by atoms with Gasteiger partial charge in [-0.15, -0.1) is 0 Å². The van der Waals surface area contributed by atoms with E-state index in [4.69, 9.17) is 0 Å². The van der Waals surface area contributed by atoms with Crippen LogP contribution in [0, 0.1) is 11.3 Å². The van der Waals surface area contributed by atoms with Crippen LogP contribution in [0.5, 0.6) is 0 Å². The first kappa shape index (κ1) is 16.3. The van der Waals surface area contributed by atoms with Crippen LogP contribution in [-0.2, 0) is 0 Å². The smallest absolute Gasteiger partial charge is 0.00964 e. The van der Waals surface area contributed by atoms with Crippen molar-refractivity contribution in [3.63, 3.8) is 0 Å². The fourth-order valence-corrected chi connectivity index (χ4v) is 4.12. The average molecular weight is 280 g/mol. The van der Waals surface area contributed by atoms with Crippen LogP contribution in [0.15, 0.2) is 0 Å². The van der Waals surface area contributed by atoms with Gasteiger partial charge in [0.05, 0.1) is 0 Å². The molecule has 0 aromatic carbocycles. The van der Waals surface area contributed by atoms with E-state index in [0.717, 1.165) is 18.0 Å². The van der Waals surface area contributed by atoms with Gasteiger partial charge in [-0.3, -0.25) is 0 Å². The van der Waals surface area contributed by atoms with Gasteiger partial charge in [0, 0.05) is 12.1 Å². The lowest BCUT2D eigenvalue weighted by molar-refractivity contribution is 0.0644. The van der Waals surface area contributed by atoms with E-state index in [-0.39, 0.29) is 0 Å². The summed E-state index contributed by atoms with van der Waals surface area (Å²) >= 11 is 0. The van der Waals surface area contributed by atoms with E-state index in [1.165, 1.54) is 64.6 Å². The van der Waals surface area contributed by atoms with Crippen molar-refractivity contribution >= 4 is 0 Å². The molecule has 0 radical (unpaired) electrons. The van der Waals surface area contributed by atoms with Crippen LogP contribution in [0.2, 0.25) is 0 Å². The number of hydrogen-bond donors (Lipinski definition) is 1. The fourth-order valence-electron chi connectivity index (χ4n) is 4.12. The number of piperidine rings is 1. The summed E-state index contributed by atoms with van der Waals surface area (Å²) < 4.78 is 0. The van der Waals surface area contributed by atoms with Crippen molar-refractivity contribution in [3.05, 3.63) is 0 Å². The molecule has 1 saturated carbocycles. The maximum atomic E-state index is 3.70. The van der Waals surface area contributed by atoms with Crippen molar-refractivity contribution in [1.29, 1.82) is 0 Å². The third-order valence-electron chi connectivity index (χ3n) is 5.65. The molecule has 0 spiro atoms. The normalized spacial score (nSPS) is 30.6. The highest BCUT2D eigenvalue weighted by atomic mass is 15.2. The van der Waals surface area contributed by atoms with Gasteiger partial charge in [0.1, 0.15) is 0 Å². The highest BCUT2D eigenvalue weighted by molar-refractivity contribution is 4.87. The van der Waals surface area contributed by atoms with Crippen LogP contribution in [-0.4, -0.2) is 36.6 Å². The van der Waals surface area contributed by atoms with Crippen LogP contribution >= 0.6 is 0 Å². The maximum Gasteiger partial charge on any atom is 0.00964 e. The molecule has 2 nitrogen and oxygen atoms in total. The Bertz CT molecular complexity index is 266. The molecule has 118 valence electrons. The number of nitrogens with zero attached hydrogens (tertiary/aromatic N) is 1. The summed E-state index contributed by atoms with van der Waals surface area (Å²) in [5.41, 5.74) is 0.508.